The third-order valence-corrected chi connectivity index (χ3v) is 2.98. The molecule has 1 N–H and O–H groups in total. The molecule has 0 bridgehead atoms. The second kappa shape index (κ2) is 6.31. The predicted molar refractivity (Wildman–Crippen MR) is 74.5 cm³/mol. The Hall–Kier alpha value is -2.48. The summed E-state index contributed by atoms with van der Waals surface area (Å²) in [7, 11) is 0. The van der Waals surface area contributed by atoms with Crippen LogP contribution < -0.4 is 5.32 Å². The van der Waals surface area contributed by atoms with E-state index >= 15 is 0 Å². The molecule has 0 aliphatic heterocycles. The average molecular weight is 290 g/mol. The molecule has 0 fully saturated rings. The maximum absolute atomic E-state index is 13.3. The number of anilines is 1. The molecular formula is C16H13F3N2. The fourth-order valence-corrected chi connectivity index (χ4v) is 2.05. The SMILES string of the molecule is Cc1cc(F)cc(NC(C#N)c2cccc(C(F)F)c2)c1. The van der Waals surface area contributed by atoms with E-state index in [1.807, 2.05) is 6.07 Å². The highest BCUT2D eigenvalue weighted by Crippen LogP contribution is 2.25. The van der Waals surface area contributed by atoms with Crippen molar-refractivity contribution in [2.24, 2.45) is 0 Å². The zero-order valence-corrected chi connectivity index (χ0v) is 11.3. The molecule has 0 saturated carbocycles. The van der Waals surface area contributed by atoms with Crippen molar-refractivity contribution in [1.29, 1.82) is 5.26 Å². The van der Waals surface area contributed by atoms with Crippen molar-refractivity contribution in [1.82, 2.24) is 0 Å². The molecule has 2 rings (SSSR count). The number of aryl methyl sites for hydroxylation is 1. The topological polar surface area (TPSA) is 35.8 Å². The number of hydrogen-bond acceptors (Lipinski definition) is 2. The molecule has 0 spiro atoms. The number of halogens is 3. The number of nitrogens with one attached hydrogen (secondary N) is 1. The normalized spacial score (nSPS) is 12.0. The van der Waals surface area contributed by atoms with E-state index in [2.05, 4.69) is 5.32 Å². The Balaban J connectivity index is 2.28. The summed E-state index contributed by atoms with van der Waals surface area (Å²) in [4.78, 5) is 0. The van der Waals surface area contributed by atoms with Crippen molar-refractivity contribution in [2.75, 3.05) is 5.32 Å². The first-order valence-corrected chi connectivity index (χ1v) is 6.31. The molecular weight excluding hydrogens is 277 g/mol. The molecule has 108 valence electrons. The largest absolute Gasteiger partial charge is 0.366 e. The van der Waals surface area contributed by atoms with Gasteiger partial charge in [-0.3, -0.25) is 0 Å². The van der Waals surface area contributed by atoms with Gasteiger partial charge in [0.05, 0.1) is 6.07 Å². The van der Waals surface area contributed by atoms with Gasteiger partial charge in [0.25, 0.3) is 6.43 Å². The molecule has 5 heteroatoms. The molecule has 2 nitrogen and oxygen atoms in total. The molecule has 0 aromatic heterocycles. The second-order valence-electron chi connectivity index (χ2n) is 4.69. The van der Waals surface area contributed by atoms with Crippen LogP contribution in [-0.4, -0.2) is 0 Å². The van der Waals surface area contributed by atoms with Crippen molar-refractivity contribution in [3.05, 3.63) is 65.0 Å². The van der Waals surface area contributed by atoms with E-state index in [-0.39, 0.29) is 5.56 Å². The van der Waals surface area contributed by atoms with Crippen molar-refractivity contribution in [3.8, 4) is 6.07 Å². The highest BCUT2D eigenvalue weighted by molar-refractivity contribution is 5.50. The standard InChI is InChI=1S/C16H13F3N2/c1-10-5-13(17)8-14(6-10)21-15(9-20)11-3-2-4-12(7-11)16(18)19/h2-8,15-16,21H,1H3. The Morgan fingerprint density at radius 3 is 2.43 bits per heavy atom. The Bertz CT molecular complexity index is 657. The summed E-state index contributed by atoms with van der Waals surface area (Å²) >= 11 is 0. The third-order valence-electron chi connectivity index (χ3n) is 2.98. The minimum Gasteiger partial charge on any atom is -0.366 e. The number of nitriles is 1. The van der Waals surface area contributed by atoms with Crippen LogP contribution in [0.2, 0.25) is 0 Å². The van der Waals surface area contributed by atoms with Crippen molar-refractivity contribution in [2.45, 2.75) is 19.4 Å². The van der Waals surface area contributed by atoms with Crippen LogP contribution in [0.5, 0.6) is 0 Å². The van der Waals surface area contributed by atoms with Crippen molar-refractivity contribution >= 4 is 5.69 Å². The van der Waals surface area contributed by atoms with E-state index in [1.165, 1.54) is 30.3 Å². The number of hydrogen-bond donors (Lipinski definition) is 1. The second-order valence-corrected chi connectivity index (χ2v) is 4.69. The zero-order chi connectivity index (χ0) is 15.4. The van der Waals surface area contributed by atoms with Gasteiger partial charge in [-0.05, 0) is 42.3 Å². The summed E-state index contributed by atoms with van der Waals surface area (Å²) < 4.78 is 38.7. The summed E-state index contributed by atoms with van der Waals surface area (Å²) in [5.74, 6) is -0.421. The Morgan fingerprint density at radius 1 is 1.10 bits per heavy atom. The van der Waals surface area contributed by atoms with Crippen LogP contribution in [0.3, 0.4) is 0 Å². The highest BCUT2D eigenvalue weighted by Gasteiger charge is 2.14. The number of nitrogens with zero attached hydrogens (tertiary/aromatic N) is 1. The molecule has 2 aromatic rings. The molecule has 2 aromatic carbocycles. The molecule has 0 saturated heterocycles. The first kappa shape index (κ1) is 14.9. The van der Waals surface area contributed by atoms with E-state index < -0.39 is 18.3 Å². The van der Waals surface area contributed by atoms with E-state index in [4.69, 9.17) is 0 Å². The fraction of sp³-hybridized carbons (Fsp3) is 0.188. The highest BCUT2D eigenvalue weighted by atomic mass is 19.3. The van der Waals surface area contributed by atoms with Crippen molar-refractivity contribution in [3.63, 3.8) is 0 Å². The molecule has 1 atom stereocenters. The molecule has 0 amide bonds. The maximum Gasteiger partial charge on any atom is 0.263 e. The van der Waals surface area contributed by atoms with Crippen LogP contribution in [0.15, 0.2) is 42.5 Å². The Morgan fingerprint density at radius 2 is 1.81 bits per heavy atom. The van der Waals surface area contributed by atoms with E-state index in [0.717, 1.165) is 0 Å². The number of alkyl halides is 2. The monoisotopic (exact) mass is 290 g/mol. The lowest BCUT2D eigenvalue weighted by molar-refractivity contribution is 0.151. The van der Waals surface area contributed by atoms with Gasteiger partial charge < -0.3 is 5.32 Å². The first-order chi connectivity index (χ1) is 9.99. The predicted octanol–water partition coefficient (Wildman–Crippen LogP) is 4.75. The Kier molecular flexibility index (Phi) is 4.49. The van der Waals surface area contributed by atoms with Gasteiger partial charge in [0, 0.05) is 11.3 Å². The number of rotatable bonds is 4. The van der Waals surface area contributed by atoms with Gasteiger partial charge in [-0.1, -0.05) is 18.2 Å². The van der Waals surface area contributed by atoms with Crippen molar-refractivity contribution < 1.29 is 13.2 Å². The third kappa shape index (κ3) is 3.76. The molecule has 0 aliphatic rings. The minimum absolute atomic E-state index is 0.148. The quantitative estimate of drug-likeness (QED) is 0.882. The molecule has 1 unspecified atom stereocenters. The number of benzene rings is 2. The van der Waals surface area contributed by atoms with Gasteiger partial charge in [0.15, 0.2) is 0 Å². The lowest BCUT2D eigenvalue weighted by atomic mass is 10.0. The average Bonchev–Trinajstić information content (AvgIpc) is 2.44. The maximum atomic E-state index is 13.3. The summed E-state index contributed by atoms with van der Waals surface area (Å²) in [6.45, 7) is 1.73. The Labute approximate surface area is 120 Å². The molecule has 0 radical (unpaired) electrons. The summed E-state index contributed by atoms with van der Waals surface area (Å²) in [6, 6.07) is 11.1. The molecule has 21 heavy (non-hydrogen) atoms. The lowest BCUT2D eigenvalue weighted by Crippen LogP contribution is -2.09. The van der Waals surface area contributed by atoms with Crippen LogP contribution >= 0.6 is 0 Å². The van der Waals surface area contributed by atoms with Gasteiger partial charge in [0.1, 0.15) is 11.9 Å². The van der Waals surface area contributed by atoms with Crippen LogP contribution in [0, 0.1) is 24.1 Å². The fourth-order valence-electron chi connectivity index (χ4n) is 2.05. The molecule has 0 heterocycles. The summed E-state index contributed by atoms with van der Waals surface area (Å²) in [5, 5.41) is 12.1. The minimum atomic E-state index is -2.60. The van der Waals surface area contributed by atoms with E-state index in [9.17, 15) is 18.4 Å². The van der Waals surface area contributed by atoms with Crippen LogP contribution in [0.4, 0.5) is 18.9 Å². The van der Waals surface area contributed by atoms with E-state index in [1.54, 1.807) is 19.1 Å². The van der Waals surface area contributed by atoms with Crippen LogP contribution in [0.1, 0.15) is 29.2 Å². The van der Waals surface area contributed by atoms with Gasteiger partial charge in [-0.25, -0.2) is 13.2 Å². The molecule has 0 aliphatic carbocycles. The first-order valence-electron chi connectivity index (χ1n) is 6.31. The summed E-state index contributed by atoms with van der Waals surface area (Å²) in [5.41, 5.74) is 1.40. The van der Waals surface area contributed by atoms with E-state index in [0.29, 0.717) is 16.8 Å². The van der Waals surface area contributed by atoms with Gasteiger partial charge in [0.2, 0.25) is 0 Å². The zero-order valence-electron chi connectivity index (χ0n) is 11.3. The van der Waals surface area contributed by atoms with Gasteiger partial charge in [-0.15, -0.1) is 0 Å². The smallest absolute Gasteiger partial charge is 0.263 e. The van der Waals surface area contributed by atoms with Gasteiger partial charge >= 0.3 is 0 Å². The summed E-state index contributed by atoms with van der Waals surface area (Å²) in [6.07, 6.45) is -2.60. The van der Waals surface area contributed by atoms with Crippen LogP contribution in [0.25, 0.3) is 0 Å². The van der Waals surface area contributed by atoms with Crippen LogP contribution in [-0.2, 0) is 0 Å². The lowest BCUT2D eigenvalue weighted by Gasteiger charge is -2.15. The van der Waals surface area contributed by atoms with Gasteiger partial charge in [-0.2, -0.15) is 5.26 Å².